The van der Waals surface area contributed by atoms with Gasteiger partial charge in [-0.3, -0.25) is 0 Å². The van der Waals surface area contributed by atoms with Crippen molar-refractivity contribution in [1.82, 2.24) is 9.97 Å². The number of nitrogen functional groups attached to an aromatic ring is 1. The van der Waals surface area contributed by atoms with E-state index in [0.29, 0.717) is 16.0 Å². The SMILES string of the molecule is CP(C)(=O)c1c(N)ccc(Sc2cnc(N3CCC4(CC3)Cc3ccccc3[C@H]4N)cn2)c1Cl. The molecule has 0 bridgehead atoms. The molecule has 1 atom stereocenters. The number of piperidine rings is 1. The first-order chi connectivity index (χ1) is 16.2. The molecule has 1 fully saturated rings. The number of fused-ring (bicyclic) bond motifs is 1. The van der Waals surface area contributed by atoms with Gasteiger partial charge in [-0.05, 0) is 61.3 Å². The molecule has 1 saturated heterocycles. The largest absolute Gasteiger partial charge is 0.398 e. The summed E-state index contributed by atoms with van der Waals surface area (Å²) in [6.07, 6.45) is 6.73. The molecule has 1 aromatic heterocycles. The number of benzene rings is 2. The molecule has 2 aliphatic rings. The van der Waals surface area contributed by atoms with E-state index in [9.17, 15) is 4.57 Å². The van der Waals surface area contributed by atoms with Crippen molar-refractivity contribution >= 4 is 47.3 Å². The molecule has 1 spiro atoms. The van der Waals surface area contributed by atoms with Crippen LogP contribution in [0.3, 0.4) is 0 Å². The Morgan fingerprint density at radius 2 is 1.85 bits per heavy atom. The van der Waals surface area contributed by atoms with E-state index in [1.165, 1.54) is 22.9 Å². The highest BCUT2D eigenvalue weighted by atomic mass is 35.5. The van der Waals surface area contributed by atoms with Crippen LogP contribution in [0, 0.1) is 5.41 Å². The van der Waals surface area contributed by atoms with Crippen LogP contribution in [-0.4, -0.2) is 36.4 Å². The smallest absolute Gasteiger partial charge is 0.147 e. The van der Waals surface area contributed by atoms with Crippen molar-refractivity contribution in [1.29, 1.82) is 0 Å². The summed E-state index contributed by atoms with van der Waals surface area (Å²) < 4.78 is 12.6. The topological polar surface area (TPSA) is 98.1 Å². The molecule has 2 heterocycles. The van der Waals surface area contributed by atoms with Crippen LogP contribution in [-0.2, 0) is 11.0 Å². The molecule has 1 aliphatic carbocycles. The Morgan fingerprint density at radius 1 is 1.12 bits per heavy atom. The third-order valence-electron chi connectivity index (χ3n) is 7.16. The summed E-state index contributed by atoms with van der Waals surface area (Å²) in [5.41, 5.74) is 16.1. The van der Waals surface area contributed by atoms with Crippen LogP contribution in [0.25, 0.3) is 0 Å². The monoisotopic (exact) mass is 513 g/mol. The lowest BCUT2D eigenvalue weighted by atomic mass is 9.73. The average molecular weight is 514 g/mol. The van der Waals surface area contributed by atoms with Gasteiger partial charge in [0, 0.05) is 29.7 Å². The lowest BCUT2D eigenvalue weighted by Crippen LogP contribution is -2.44. The maximum atomic E-state index is 12.6. The van der Waals surface area contributed by atoms with E-state index in [-0.39, 0.29) is 11.5 Å². The molecule has 1 aliphatic heterocycles. The third-order valence-corrected chi connectivity index (χ3v) is 10.3. The van der Waals surface area contributed by atoms with Gasteiger partial charge in [-0.25, -0.2) is 9.97 Å². The van der Waals surface area contributed by atoms with Crippen molar-refractivity contribution in [3.8, 4) is 0 Å². The Balaban J connectivity index is 1.27. The molecule has 4 N–H and O–H groups in total. The van der Waals surface area contributed by atoms with E-state index in [1.807, 2.05) is 12.3 Å². The van der Waals surface area contributed by atoms with Crippen molar-refractivity contribution < 1.29 is 4.57 Å². The van der Waals surface area contributed by atoms with Crippen molar-refractivity contribution in [2.24, 2.45) is 11.1 Å². The van der Waals surface area contributed by atoms with E-state index in [2.05, 4.69) is 39.1 Å². The van der Waals surface area contributed by atoms with Gasteiger partial charge in [0.05, 0.1) is 22.7 Å². The minimum atomic E-state index is -2.61. The van der Waals surface area contributed by atoms with Crippen LogP contribution in [0.4, 0.5) is 11.5 Å². The van der Waals surface area contributed by atoms with Crippen molar-refractivity contribution in [3.05, 3.63) is 64.9 Å². The van der Waals surface area contributed by atoms with Gasteiger partial charge in [-0.15, -0.1) is 0 Å². The average Bonchev–Trinajstić information content (AvgIpc) is 3.07. The normalized spacial score (nSPS) is 19.4. The van der Waals surface area contributed by atoms with Crippen molar-refractivity contribution in [3.63, 3.8) is 0 Å². The number of rotatable bonds is 4. The maximum absolute atomic E-state index is 12.6. The number of hydrogen-bond acceptors (Lipinski definition) is 7. The summed E-state index contributed by atoms with van der Waals surface area (Å²) >= 11 is 7.97. The van der Waals surface area contributed by atoms with E-state index < -0.39 is 7.14 Å². The summed E-state index contributed by atoms with van der Waals surface area (Å²) in [4.78, 5) is 12.4. The first-order valence-corrected chi connectivity index (χ1v) is 15.2. The van der Waals surface area contributed by atoms with Gasteiger partial charge < -0.3 is 20.9 Å². The molecule has 3 aromatic rings. The molecule has 2 aromatic carbocycles. The Morgan fingerprint density at radius 3 is 2.50 bits per heavy atom. The summed E-state index contributed by atoms with van der Waals surface area (Å²) in [5, 5.41) is 1.68. The Labute approximate surface area is 209 Å². The molecule has 0 saturated carbocycles. The van der Waals surface area contributed by atoms with Crippen LogP contribution in [0.5, 0.6) is 0 Å². The maximum Gasteiger partial charge on any atom is 0.147 e. The van der Waals surface area contributed by atoms with Crippen LogP contribution in [0.1, 0.15) is 30.0 Å². The summed E-state index contributed by atoms with van der Waals surface area (Å²) in [6, 6.07) is 12.3. The quantitative estimate of drug-likeness (QED) is 0.376. The van der Waals surface area contributed by atoms with Crippen LogP contribution >= 0.6 is 30.5 Å². The first kappa shape index (κ1) is 23.7. The zero-order valence-electron chi connectivity index (χ0n) is 19.4. The molecule has 0 unspecified atom stereocenters. The van der Waals surface area contributed by atoms with Crippen LogP contribution in [0.15, 0.2) is 58.7 Å². The number of nitrogens with zero attached hydrogens (tertiary/aromatic N) is 3. The van der Waals surface area contributed by atoms with Crippen LogP contribution < -0.4 is 21.7 Å². The third kappa shape index (κ3) is 4.24. The molecule has 34 heavy (non-hydrogen) atoms. The van der Waals surface area contributed by atoms with E-state index in [1.54, 1.807) is 25.6 Å². The minimum Gasteiger partial charge on any atom is -0.398 e. The summed E-state index contributed by atoms with van der Waals surface area (Å²) in [6.45, 7) is 5.18. The molecule has 5 rings (SSSR count). The molecular weight excluding hydrogens is 485 g/mol. The molecule has 0 radical (unpaired) electrons. The van der Waals surface area contributed by atoms with Gasteiger partial charge in [0.25, 0.3) is 0 Å². The standard InChI is InChI=1S/C25H29ClN5OPS/c1-33(2,32)23-18(27)7-8-19(22(23)26)34-21-15-29-20(14-30-21)31-11-9-25(10-12-31)13-16-5-3-4-6-17(16)24(25)28/h3-8,14-15,24H,9-13,27-28H2,1-2H3/t24-/m1/s1. The molecule has 6 nitrogen and oxygen atoms in total. The first-order valence-electron chi connectivity index (χ1n) is 11.4. The fraction of sp³-hybridized carbons (Fsp3) is 0.360. The Bertz CT molecular complexity index is 1270. The highest BCUT2D eigenvalue weighted by molar-refractivity contribution is 7.99. The fourth-order valence-electron chi connectivity index (χ4n) is 5.31. The second-order valence-electron chi connectivity index (χ2n) is 9.68. The van der Waals surface area contributed by atoms with E-state index >= 15 is 0 Å². The number of hydrogen-bond donors (Lipinski definition) is 2. The summed E-state index contributed by atoms with van der Waals surface area (Å²) in [7, 11) is -2.61. The highest BCUT2D eigenvalue weighted by Crippen LogP contribution is 2.51. The molecular formula is C25H29ClN5OPS. The Kier molecular flexibility index (Phi) is 6.18. The van der Waals surface area contributed by atoms with Crippen molar-refractivity contribution in [2.45, 2.75) is 35.2 Å². The van der Waals surface area contributed by atoms with Gasteiger partial charge in [0.15, 0.2) is 0 Å². The number of halogens is 1. The highest BCUT2D eigenvalue weighted by Gasteiger charge is 2.45. The van der Waals surface area contributed by atoms with Gasteiger partial charge >= 0.3 is 0 Å². The van der Waals surface area contributed by atoms with Gasteiger partial charge in [0.1, 0.15) is 18.0 Å². The Hall–Kier alpha value is -2.05. The van der Waals surface area contributed by atoms with E-state index in [4.69, 9.17) is 23.1 Å². The summed E-state index contributed by atoms with van der Waals surface area (Å²) in [5.74, 6) is 0.874. The zero-order valence-corrected chi connectivity index (χ0v) is 21.8. The second-order valence-corrected chi connectivity index (χ2v) is 14.3. The minimum absolute atomic E-state index is 0.104. The number of aromatic nitrogens is 2. The zero-order chi connectivity index (χ0) is 24.1. The molecule has 178 valence electrons. The number of anilines is 2. The lowest BCUT2D eigenvalue weighted by molar-refractivity contribution is 0.187. The van der Waals surface area contributed by atoms with Gasteiger partial charge in [0.2, 0.25) is 0 Å². The lowest BCUT2D eigenvalue weighted by Gasteiger charge is -2.42. The van der Waals surface area contributed by atoms with Crippen molar-refractivity contribution in [2.75, 3.05) is 37.1 Å². The number of nitrogens with two attached hydrogens (primary N) is 2. The molecule has 9 heteroatoms. The fourth-order valence-corrected chi connectivity index (χ4v) is 8.34. The van der Waals surface area contributed by atoms with Crippen LogP contribution in [0.2, 0.25) is 5.02 Å². The molecule has 0 amide bonds. The predicted octanol–water partition coefficient (Wildman–Crippen LogP) is 4.95. The predicted molar refractivity (Wildman–Crippen MR) is 142 cm³/mol. The van der Waals surface area contributed by atoms with E-state index in [0.717, 1.165) is 48.1 Å². The van der Waals surface area contributed by atoms with Gasteiger partial charge in [-0.1, -0.05) is 47.6 Å². The second kappa shape index (κ2) is 8.87. The van der Waals surface area contributed by atoms with Gasteiger partial charge in [-0.2, -0.15) is 0 Å².